The Hall–Kier alpha value is -0.870. The SMILES string of the molecule is CCCn1cncc1C1CC(O)CCO1. The average molecular weight is 210 g/mol. The Morgan fingerprint density at radius 2 is 2.53 bits per heavy atom. The Kier molecular flexibility index (Phi) is 3.38. The van der Waals surface area contributed by atoms with Gasteiger partial charge in [-0.1, -0.05) is 6.92 Å². The molecule has 0 amide bonds. The van der Waals surface area contributed by atoms with Crippen molar-refractivity contribution in [2.75, 3.05) is 6.61 Å². The van der Waals surface area contributed by atoms with Gasteiger partial charge in [-0.05, 0) is 12.8 Å². The molecule has 1 N–H and O–H groups in total. The van der Waals surface area contributed by atoms with Gasteiger partial charge in [0.05, 0.1) is 24.3 Å². The third kappa shape index (κ3) is 2.38. The van der Waals surface area contributed by atoms with Crippen molar-refractivity contribution in [1.29, 1.82) is 0 Å². The molecule has 15 heavy (non-hydrogen) atoms. The van der Waals surface area contributed by atoms with E-state index < -0.39 is 0 Å². The highest BCUT2D eigenvalue weighted by molar-refractivity contribution is 5.04. The first-order chi connectivity index (χ1) is 7.31. The lowest BCUT2D eigenvalue weighted by molar-refractivity contribution is -0.0480. The van der Waals surface area contributed by atoms with Crippen LogP contribution in [0.5, 0.6) is 0 Å². The van der Waals surface area contributed by atoms with Crippen LogP contribution in [0.2, 0.25) is 0 Å². The fraction of sp³-hybridized carbons (Fsp3) is 0.727. The summed E-state index contributed by atoms with van der Waals surface area (Å²) in [6.07, 6.45) is 5.99. The number of imidazole rings is 1. The van der Waals surface area contributed by atoms with Gasteiger partial charge >= 0.3 is 0 Å². The van der Waals surface area contributed by atoms with Crippen molar-refractivity contribution in [1.82, 2.24) is 9.55 Å². The van der Waals surface area contributed by atoms with Crippen LogP contribution in [-0.2, 0) is 11.3 Å². The smallest absolute Gasteiger partial charge is 0.101 e. The summed E-state index contributed by atoms with van der Waals surface area (Å²) in [6, 6.07) is 0. The topological polar surface area (TPSA) is 47.3 Å². The molecule has 2 heterocycles. The van der Waals surface area contributed by atoms with Gasteiger partial charge in [0.25, 0.3) is 0 Å². The predicted molar refractivity (Wildman–Crippen MR) is 56.5 cm³/mol. The molecule has 1 aliphatic rings. The van der Waals surface area contributed by atoms with Crippen LogP contribution in [0.1, 0.15) is 38.0 Å². The van der Waals surface area contributed by atoms with Crippen LogP contribution in [0.3, 0.4) is 0 Å². The summed E-state index contributed by atoms with van der Waals surface area (Å²) in [6.45, 7) is 3.74. The zero-order chi connectivity index (χ0) is 10.7. The summed E-state index contributed by atoms with van der Waals surface area (Å²) in [7, 11) is 0. The van der Waals surface area contributed by atoms with E-state index in [0.29, 0.717) is 13.0 Å². The normalized spacial score (nSPS) is 26.8. The van der Waals surface area contributed by atoms with Crippen LogP contribution >= 0.6 is 0 Å². The molecule has 2 unspecified atom stereocenters. The average Bonchev–Trinajstić information content (AvgIpc) is 2.66. The number of hydrogen-bond donors (Lipinski definition) is 1. The molecule has 0 aliphatic carbocycles. The van der Waals surface area contributed by atoms with Crippen molar-refractivity contribution in [2.45, 2.75) is 44.9 Å². The van der Waals surface area contributed by atoms with Gasteiger partial charge in [-0.2, -0.15) is 0 Å². The van der Waals surface area contributed by atoms with E-state index in [-0.39, 0.29) is 12.2 Å². The fourth-order valence-corrected chi connectivity index (χ4v) is 2.01. The van der Waals surface area contributed by atoms with Crippen molar-refractivity contribution in [3.63, 3.8) is 0 Å². The molecule has 1 aromatic heterocycles. The number of aryl methyl sites for hydroxylation is 1. The standard InChI is InChI=1S/C11H18N2O2/c1-2-4-13-8-12-7-10(13)11-6-9(14)3-5-15-11/h7-9,11,14H,2-6H2,1H3. The molecule has 1 aromatic rings. The molecule has 1 aliphatic heterocycles. The first-order valence-corrected chi connectivity index (χ1v) is 5.61. The van der Waals surface area contributed by atoms with Crippen molar-refractivity contribution < 1.29 is 9.84 Å². The number of aromatic nitrogens is 2. The van der Waals surface area contributed by atoms with Crippen LogP contribution in [-0.4, -0.2) is 27.4 Å². The third-order valence-electron chi connectivity index (χ3n) is 2.80. The lowest BCUT2D eigenvalue weighted by Gasteiger charge is -2.27. The molecule has 2 atom stereocenters. The molecule has 0 spiro atoms. The Morgan fingerprint density at radius 1 is 1.67 bits per heavy atom. The van der Waals surface area contributed by atoms with E-state index in [4.69, 9.17) is 4.74 Å². The van der Waals surface area contributed by atoms with E-state index in [1.165, 1.54) is 0 Å². The minimum Gasteiger partial charge on any atom is -0.393 e. The Labute approximate surface area is 89.9 Å². The largest absolute Gasteiger partial charge is 0.393 e. The van der Waals surface area contributed by atoms with Gasteiger partial charge in [0, 0.05) is 19.6 Å². The molecule has 84 valence electrons. The van der Waals surface area contributed by atoms with E-state index in [1.807, 2.05) is 12.5 Å². The van der Waals surface area contributed by atoms with E-state index in [2.05, 4.69) is 16.5 Å². The maximum atomic E-state index is 9.59. The molecule has 1 saturated heterocycles. The second kappa shape index (κ2) is 4.77. The van der Waals surface area contributed by atoms with Gasteiger partial charge in [-0.3, -0.25) is 0 Å². The molecular formula is C11H18N2O2. The van der Waals surface area contributed by atoms with Crippen LogP contribution in [0.25, 0.3) is 0 Å². The second-order valence-electron chi connectivity index (χ2n) is 4.05. The Morgan fingerprint density at radius 3 is 3.27 bits per heavy atom. The molecule has 4 nitrogen and oxygen atoms in total. The van der Waals surface area contributed by atoms with Crippen LogP contribution in [0.4, 0.5) is 0 Å². The summed E-state index contributed by atoms with van der Waals surface area (Å²) < 4.78 is 7.77. The van der Waals surface area contributed by atoms with Crippen molar-refractivity contribution >= 4 is 0 Å². The van der Waals surface area contributed by atoms with Gasteiger partial charge in [0.1, 0.15) is 6.10 Å². The van der Waals surface area contributed by atoms with Crippen LogP contribution in [0.15, 0.2) is 12.5 Å². The molecule has 0 saturated carbocycles. The van der Waals surface area contributed by atoms with Gasteiger partial charge in [-0.15, -0.1) is 0 Å². The number of aliphatic hydroxyl groups is 1. The molecule has 1 fully saturated rings. The first-order valence-electron chi connectivity index (χ1n) is 5.61. The van der Waals surface area contributed by atoms with Crippen molar-refractivity contribution in [2.24, 2.45) is 0 Å². The zero-order valence-electron chi connectivity index (χ0n) is 9.09. The monoisotopic (exact) mass is 210 g/mol. The minimum absolute atomic E-state index is 0.0165. The zero-order valence-corrected chi connectivity index (χ0v) is 9.09. The summed E-state index contributed by atoms with van der Waals surface area (Å²) >= 11 is 0. The highest BCUT2D eigenvalue weighted by Crippen LogP contribution is 2.27. The number of hydrogen-bond acceptors (Lipinski definition) is 3. The minimum atomic E-state index is -0.228. The summed E-state index contributed by atoms with van der Waals surface area (Å²) in [5, 5.41) is 9.59. The maximum Gasteiger partial charge on any atom is 0.101 e. The number of rotatable bonds is 3. The molecular weight excluding hydrogens is 192 g/mol. The quantitative estimate of drug-likeness (QED) is 0.822. The fourth-order valence-electron chi connectivity index (χ4n) is 2.01. The second-order valence-corrected chi connectivity index (χ2v) is 4.05. The number of aliphatic hydroxyl groups excluding tert-OH is 1. The van der Waals surface area contributed by atoms with Gasteiger partial charge in [-0.25, -0.2) is 4.98 Å². The first kappa shape index (κ1) is 10.6. The van der Waals surface area contributed by atoms with Gasteiger partial charge in [0.15, 0.2) is 0 Å². The highest BCUT2D eigenvalue weighted by atomic mass is 16.5. The van der Waals surface area contributed by atoms with Crippen LogP contribution in [0, 0.1) is 0 Å². The summed E-state index contributed by atoms with van der Waals surface area (Å²) in [5.74, 6) is 0. The number of nitrogens with zero attached hydrogens (tertiary/aromatic N) is 2. The summed E-state index contributed by atoms with van der Waals surface area (Å²) in [4.78, 5) is 4.14. The van der Waals surface area contributed by atoms with Gasteiger partial charge in [0.2, 0.25) is 0 Å². The van der Waals surface area contributed by atoms with E-state index in [9.17, 15) is 5.11 Å². The lowest BCUT2D eigenvalue weighted by atomic mass is 10.0. The highest BCUT2D eigenvalue weighted by Gasteiger charge is 2.24. The predicted octanol–water partition coefficient (Wildman–Crippen LogP) is 1.51. The Bertz CT molecular complexity index is 311. The van der Waals surface area contributed by atoms with E-state index >= 15 is 0 Å². The molecule has 0 aromatic carbocycles. The number of ether oxygens (including phenoxy) is 1. The summed E-state index contributed by atoms with van der Waals surface area (Å²) in [5.41, 5.74) is 1.09. The van der Waals surface area contributed by atoms with Crippen molar-refractivity contribution in [3.8, 4) is 0 Å². The molecule has 4 heteroatoms. The molecule has 0 bridgehead atoms. The maximum absolute atomic E-state index is 9.59. The molecule has 0 radical (unpaired) electrons. The Balaban J connectivity index is 2.10. The van der Waals surface area contributed by atoms with Gasteiger partial charge < -0.3 is 14.4 Å². The van der Waals surface area contributed by atoms with E-state index in [0.717, 1.165) is 25.1 Å². The molecule has 2 rings (SSSR count). The van der Waals surface area contributed by atoms with Crippen LogP contribution < -0.4 is 0 Å². The van der Waals surface area contributed by atoms with E-state index in [1.54, 1.807) is 0 Å². The lowest BCUT2D eigenvalue weighted by Crippen LogP contribution is -2.24. The third-order valence-corrected chi connectivity index (χ3v) is 2.80. The van der Waals surface area contributed by atoms with Crippen molar-refractivity contribution in [3.05, 3.63) is 18.2 Å².